The van der Waals surface area contributed by atoms with Crippen molar-refractivity contribution in [2.75, 3.05) is 7.11 Å². The minimum Gasteiger partial charge on any atom is -0.497 e. The second-order valence-corrected chi connectivity index (χ2v) is 3.69. The van der Waals surface area contributed by atoms with Crippen LogP contribution in [0.1, 0.15) is 11.7 Å². The van der Waals surface area contributed by atoms with Gasteiger partial charge in [0.1, 0.15) is 5.75 Å². The normalized spacial score (nSPS) is 13.7. The topological polar surface area (TPSA) is 29.5 Å². The Balaban J connectivity index is 3.06. The summed E-state index contributed by atoms with van der Waals surface area (Å²) in [6, 6.07) is 3.89. The van der Waals surface area contributed by atoms with Crippen LogP contribution in [0.3, 0.4) is 0 Å². The number of hydrogen-bond donors (Lipinski definition) is 1. The van der Waals surface area contributed by atoms with Crippen LogP contribution in [0, 0.1) is 0 Å². The summed E-state index contributed by atoms with van der Waals surface area (Å²) >= 11 is 2.94. The molecule has 0 saturated heterocycles. The average Bonchev–Trinajstić information content (AvgIpc) is 2.15. The molecule has 0 saturated carbocycles. The summed E-state index contributed by atoms with van der Waals surface area (Å²) < 4.78 is 41.6. The molecule has 1 rings (SSSR count). The van der Waals surface area contributed by atoms with E-state index < -0.39 is 12.3 Å². The Bertz CT molecular complexity index is 352. The molecule has 0 aromatic heterocycles. The average molecular weight is 285 g/mol. The number of benzene rings is 1. The predicted octanol–water partition coefficient (Wildman–Crippen LogP) is 3.05. The maximum absolute atomic E-state index is 12.2. The van der Waals surface area contributed by atoms with E-state index in [2.05, 4.69) is 15.9 Å². The van der Waals surface area contributed by atoms with E-state index in [0.29, 0.717) is 5.75 Å². The first-order valence-electron chi connectivity index (χ1n) is 3.94. The van der Waals surface area contributed by atoms with Crippen LogP contribution in [-0.2, 0) is 0 Å². The molecule has 1 aromatic rings. The molecule has 1 aromatic carbocycles. The van der Waals surface area contributed by atoms with Crippen molar-refractivity contribution in [3.05, 3.63) is 28.2 Å². The van der Waals surface area contributed by atoms with E-state index in [4.69, 9.17) is 9.84 Å². The number of hydrogen-bond acceptors (Lipinski definition) is 2. The lowest BCUT2D eigenvalue weighted by Gasteiger charge is -2.16. The molecule has 84 valence electrons. The fraction of sp³-hybridized carbons (Fsp3) is 0.333. The lowest BCUT2D eigenvalue weighted by atomic mass is 10.1. The molecule has 0 amide bonds. The van der Waals surface area contributed by atoms with Crippen molar-refractivity contribution in [2.45, 2.75) is 12.3 Å². The molecule has 6 heteroatoms. The van der Waals surface area contributed by atoms with Gasteiger partial charge < -0.3 is 9.84 Å². The van der Waals surface area contributed by atoms with Crippen LogP contribution in [-0.4, -0.2) is 18.4 Å². The largest absolute Gasteiger partial charge is 0.497 e. The number of ether oxygens (including phenoxy) is 1. The molecule has 2 nitrogen and oxygen atoms in total. The molecule has 0 spiro atoms. The van der Waals surface area contributed by atoms with Gasteiger partial charge in [0.05, 0.1) is 7.11 Å². The number of methoxy groups -OCH3 is 1. The smallest absolute Gasteiger partial charge is 0.418 e. The molecule has 1 unspecified atom stereocenters. The number of aliphatic hydroxyl groups excluding tert-OH is 1. The van der Waals surface area contributed by atoms with Crippen molar-refractivity contribution < 1.29 is 23.0 Å². The quantitative estimate of drug-likeness (QED) is 0.905. The lowest BCUT2D eigenvalue weighted by Crippen LogP contribution is -2.20. The Morgan fingerprint density at radius 2 is 2.00 bits per heavy atom. The van der Waals surface area contributed by atoms with E-state index >= 15 is 0 Å². The fourth-order valence-electron chi connectivity index (χ4n) is 1.03. The third kappa shape index (κ3) is 2.85. The highest BCUT2D eigenvalue weighted by molar-refractivity contribution is 9.10. The first-order valence-corrected chi connectivity index (χ1v) is 4.73. The molecule has 0 heterocycles. The van der Waals surface area contributed by atoms with Crippen molar-refractivity contribution in [1.82, 2.24) is 0 Å². The molecule has 0 aliphatic carbocycles. The summed E-state index contributed by atoms with van der Waals surface area (Å²) in [6.07, 6.45) is -7.16. The van der Waals surface area contributed by atoms with Crippen molar-refractivity contribution in [1.29, 1.82) is 0 Å². The molecule has 0 bridgehead atoms. The summed E-state index contributed by atoms with van der Waals surface area (Å²) in [6.45, 7) is 0. The SMILES string of the molecule is COc1ccc(C(O)C(F)(F)F)c(Br)c1. The van der Waals surface area contributed by atoms with Crippen LogP contribution < -0.4 is 4.74 Å². The maximum Gasteiger partial charge on any atom is 0.418 e. The number of halogens is 4. The number of aliphatic hydroxyl groups is 1. The highest BCUT2D eigenvalue weighted by Gasteiger charge is 2.40. The zero-order chi connectivity index (χ0) is 11.6. The third-order valence-electron chi connectivity index (χ3n) is 1.81. The summed E-state index contributed by atoms with van der Waals surface area (Å²) in [5.41, 5.74) is -0.233. The highest BCUT2D eigenvalue weighted by Crippen LogP contribution is 2.37. The molecule has 0 fully saturated rings. The van der Waals surface area contributed by atoms with Crippen LogP contribution >= 0.6 is 15.9 Å². The van der Waals surface area contributed by atoms with E-state index in [0.717, 1.165) is 0 Å². The van der Waals surface area contributed by atoms with Crippen molar-refractivity contribution in [2.24, 2.45) is 0 Å². The van der Waals surface area contributed by atoms with Gasteiger partial charge >= 0.3 is 6.18 Å². The van der Waals surface area contributed by atoms with Gasteiger partial charge in [-0.3, -0.25) is 0 Å². The van der Waals surface area contributed by atoms with Crippen molar-refractivity contribution in [3.63, 3.8) is 0 Å². The standard InChI is InChI=1S/C9H8BrF3O2/c1-15-5-2-3-6(7(10)4-5)8(14)9(11,12)13/h2-4,8,14H,1H3. The van der Waals surface area contributed by atoms with Gasteiger partial charge in [-0.15, -0.1) is 0 Å². The highest BCUT2D eigenvalue weighted by atomic mass is 79.9. The fourth-order valence-corrected chi connectivity index (χ4v) is 1.61. The zero-order valence-corrected chi connectivity index (χ0v) is 9.26. The van der Waals surface area contributed by atoms with E-state index in [1.54, 1.807) is 0 Å². The Hall–Kier alpha value is -0.750. The van der Waals surface area contributed by atoms with Crippen LogP contribution in [0.2, 0.25) is 0 Å². The first-order chi connectivity index (χ1) is 6.86. The van der Waals surface area contributed by atoms with Gasteiger partial charge in [-0.2, -0.15) is 13.2 Å². The third-order valence-corrected chi connectivity index (χ3v) is 2.50. The molecule has 0 radical (unpaired) electrons. The van der Waals surface area contributed by atoms with Crippen LogP contribution in [0.25, 0.3) is 0 Å². The Morgan fingerprint density at radius 3 is 2.40 bits per heavy atom. The van der Waals surface area contributed by atoms with Gasteiger partial charge in [0.25, 0.3) is 0 Å². The molecular weight excluding hydrogens is 277 g/mol. The van der Waals surface area contributed by atoms with Crippen molar-refractivity contribution >= 4 is 15.9 Å². The van der Waals surface area contributed by atoms with Crippen LogP contribution in [0.4, 0.5) is 13.2 Å². The van der Waals surface area contributed by atoms with E-state index in [1.165, 1.54) is 25.3 Å². The minimum atomic E-state index is -4.67. The van der Waals surface area contributed by atoms with Gasteiger partial charge in [0.2, 0.25) is 0 Å². The van der Waals surface area contributed by atoms with Gasteiger partial charge in [-0.1, -0.05) is 22.0 Å². The molecule has 0 aliphatic rings. The first kappa shape index (κ1) is 12.3. The van der Waals surface area contributed by atoms with E-state index in [1.807, 2.05) is 0 Å². The van der Waals surface area contributed by atoms with Crippen LogP contribution in [0.5, 0.6) is 5.75 Å². The second kappa shape index (κ2) is 4.40. The number of rotatable bonds is 2. The lowest BCUT2D eigenvalue weighted by molar-refractivity contribution is -0.207. The molecule has 1 atom stereocenters. The maximum atomic E-state index is 12.2. The Kier molecular flexibility index (Phi) is 3.62. The molecular formula is C9H8BrF3O2. The van der Waals surface area contributed by atoms with Gasteiger partial charge in [0.15, 0.2) is 6.10 Å². The molecule has 0 aliphatic heterocycles. The zero-order valence-electron chi connectivity index (χ0n) is 7.68. The monoisotopic (exact) mass is 284 g/mol. The Labute approximate surface area is 92.8 Å². The second-order valence-electron chi connectivity index (χ2n) is 2.83. The number of alkyl halides is 3. The minimum absolute atomic E-state index is 0.159. The molecule has 15 heavy (non-hydrogen) atoms. The van der Waals surface area contributed by atoms with Crippen molar-refractivity contribution in [3.8, 4) is 5.75 Å². The van der Waals surface area contributed by atoms with Gasteiger partial charge in [-0.05, 0) is 12.1 Å². The van der Waals surface area contributed by atoms with Crippen LogP contribution in [0.15, 0.2) is 22.7 Å². The van der Waals surface area contributed by atoms with E-state index in [9.17, 15) is 13.2 Å². The summed E-state index contributed by atoms with van der Waals surface area (Å²) in [5.74, 6) is 0.417. The Morgan fingerprint density at radius 1 is 1.40 bits per heavy atom. The predicted molar refractivity (Wildman–Crippen MR) is 51.7 cm³/mol. The summed E-state index contributed by atoms with van der Waals surface area (Å²) in [5, 5.41) is 9.01. The summed E-state index contributed by atoms with van der Waals surface area (Å²) in [4.78, 5) is 0. The van der Waals surface area contributed by atoms with E-state index in [-0.39, 0.29) is 10.0 Å². The van der Waals surface area contributed by atoms with Gasteiger partial charge in [-0.25, -0.2) is 0 Å². The molecule has 1 N–H and O–H groups in total. The summed E-state index contributed by atoms with van der Waals surface area (Å²) in [7, 11) is 1.40. The van der Waals surface area contributed by atoms with Gasteiger partial charge in [0, 0.05) is 10.0 Å².